The first kappa shape index (κ1) is 23.6. The Morgan fingerprint density at radius 1 is 1.34 bits per heavy atom. The fraction of sp³-hybridized carbons (Fsp3) is 0.476. The minimum atomic E-state index is -4.66. The van der Waals surface area contributed by atoms with E-state index < -0.39 is 17.6 Å². The summed E-state index contributed by atoms with van der Waals surface area (Å²) in [5.41, 5.74) is 8.52. The van der Waals surface area contributed by atoms with E-state index in [9.17, 15) is 18.4 Å². The van der Waals surface area contributed by atoms with Crippen LogP contribution in [0.15, 0.2) is 18.3 Å². The second kappa shape index (κ2) is 10.0. The second-order valence-electron chi connectivity index (χ2n) is 7.59. The summed E-state index contributed by atoms with van der Waals surface area (Å²) in [6.07, 6.45) is -0.765. The summed E-state index contributed by atoms with van der Waals surface area (Å²) in [5.74, 6) is -0.0328. The van der Waals surface area contributed by atoms with Crippen molar-refractivity contribution >= 4 is 11.4 Å². The fourth-order valence-electron chi connectivity index (χ4n) is 3.58. The molecule has 172 valence electrons. The minimum absolute atomic E-state index is 0.0875. The molecule has 0 bridgehead atoms. The standard InChI is InChI=1S/C21H26F3N7O/c1-27-31(2)18-10-16(30-17(11-25)19(18)26)14-9-15(21(22,23)24)20(29-12-14)32-8-5-13-3-6-28-7-4-13/h9-10,12-13,27-28H,3-8,26H2,1-2H3. The predicted molar refractivity (Wildman–Crippen MR) is 115 cm³/mol. The molecule has 0 aliphatic carbocycles. The van der Waals surface area contributed by atoms with Gasteiger partial charge in [-0.2, -0.15) is 18.4 Å². The van der Waals surface area contributed by atoms with Gasteiger partial charge in [0.1, 0.15) is 11.6 Å². The highest BCUT2D eigenvalue weighted by Gasteiger charge is 2.36. The molecule has 4 N–H and O–H groups in total. The number of nitrogens with two attached hydrogens (primary N) is 1. The number of nitrogen functional groups attached to an aromatic ring is 1. The third kappa shape index (κ3) is 5.38. The van der Waals surface area contributed by atoms with Gasteiger partial charge in [-0.05, 0) is 50.4 Å². The molecule has 0 saturated carbocycles. The van der Waals surface area contributed by atoms with Gasteiger partial charge in [0.25, 0.3) is 0 Å². The van der Waals surface area contributed by atoms with Gasteiger partial charge in [-0.25, -0.2) is 15.4 Å². The van der Waals surface area contributed by atoms with Crippen LogP contribution in [-0.2, 0) is 6.18 Å². The van der Waals surface area contributed by atoms with Crippen molar-refractivity contribution in [1.82, 2.24) is 20.7 Å². The molecule has 0 aromatic carbocycles. The molecule has 3 heterocycles. The fourth-order valence-corrected chi connectivity index (χ4v) is 3.58. The zero-order valence-electron chi connectivity index (χ0n) is 18.0. The largest absolute Gasteiger partial charge is 0.477 e. The van der Waals surface area contributed by atoms with Crippen molar-refractivity contribution in [1.29, 1.82) is 5.26 Å². The van der Waals surface area contributed by atoms with E-state index in [1.807, 2.05) is 6.07 Å². The molecular weight excluding hydrogens is 423 g/mol. The molecule has 1 aliphatic heterocycles. The maximum Gasteiger partial charge on any atom is 0.421 e. The van der Waals surface area contributed by atoms with Crippen LogP contribution < -0.4 is 26.2 Å². The molecule has 1 fully saturated rings. The summed E-state index contributed by atoms with van der Waals surface area (Å²) in [5, 5.41) is 14.1. The van der Waals surface area contributed by atoms with Crippen molar-refractivity contribution in [2.24, 2.45) is 5.92 Å². The Morgan fingerprint density at radius 3 is 2.69 bits per heavy atom. The summed E-state index contributed by atoms with van der Waals surface area (Å²) in [4.78, 5) is 8.06. The number of nitrogens with zero attached hydrogens (tertiary/aromatic N) is 4. The lowest BCUT2D eigenvalue weighted by Gasteiger charge is -2.23. The van der Waals surface area contributed by atoms with Crippen LogP contribution in [0, 0.1) is 17.2 Å². The van der Waals surface area contributed by atoms with Crippen LogP contribution in [0.4, 0.5) is 24.5 Å². The van der Waals surface area contributed by atoms with Gasteiger partial charge in [0, 0.05) is 25.9 Å². The topological polar surface area (TPSA) is 112 Å². The van der Waals surface area contributed by atoms with Gasteiger partial charge in [-0.15, -0.1) is 0 Å². The van der Waals surface area contributed by atoms with Crippen LogP contribution in [0.25, 0.3) is 11.3 Å². The molecule has 3 rings (SSSR count). The van der Waals surface area contributed by atoms with Gasteiger partial charge in [-0.1, -0.05) is 0 Å². The number of aromatic nitrogens is 2. The lowest BCUT2D eigenvalue weighted by molar-refractivity contribution is -0.139. The van der Waals surface area contributed by atoms with Crippen LogP contribution in [-0.4, -0.2) is 43.8 Å². The van der Waals surface area contributed by atoms with Crippen LogP contribution in [0.1, 0.15) is 30.5 Å². The quantitative estimate of drug-likeness (QED) is 0.553. The van der Waals surface area contributed by atoms with Crippen molar-refractivity contribution < 1.29 is 17.9 Å². The van der Waals surface area contributed by atoms with Gasteiger partial charge in [-0.3, -0.25) is 0 Å². The molecule has 1 saturated heterocycles. The summed E-state index contributed by atoms with van der Waals surface area (Å²) >= 11 is 0. The monoisotopic (exact) mass is 449 g/mol. The van der Waals surface area contributed by atoms with E-state index in [4.69, 9.17) is 10.5 Å². The molecule has 0 radical (unpaired) electrons. The number of alkyl halides is 3. The molecule has 0 atom stereocenters. The molecular formula is C21H26F3N7O. The number of hydrogen-bond acceptors (Lipinski definition) is 8. The van der Waals surface area contributed by atoms with Crippen molar-refractivity contribution in [3.05, 3.63) is 29.6 Å². The number of ether oxygens (including phenoxy) is 1. The first-order valence-corrected chi connectivity index (χ1v) is 10.3. The first-order valence-electron chi connectivity index (χ1n) is 10.3. The second-order valence-corrected chi connectivity index (χ2v) is 7.59. The first-order chi connectivity index (χ1) is 15.2. The summed E-state index contributed by atoms with van der Waals surface area (Å²) < 4.78 is 46.7. The molecule has 0 unspecified atom stereocenters. The molecule has 8 nitrogen and oxygen atoms in total. The van der Waals surface area contributed by atoms with E-state index in [-0.39, 0.29) is 29.2 Å². The SMILES string of the molecule is CNN(C)c1cc(-c2cnc(OCCC3CCNCC3)c(C(F)(F)F)c2)nc(C#N)c1N. The Balaban J connectivity index is 1.91. The molecule has 1 aliphatic rings. The maximum atomic E-state index is 13.8. The van der Waals surface area contributed by atoms with Crippen molar-refractivity contribution in [3.8, 4) is 23.2 Å². The van der Waals surface area contributed by atoms with Crippen molar-refractivity contribution in [2.75, 3.05) is 44.5 Å². The number of hydrogen-bond donors (Lipinski definition) is 3. The third-order valence-corrected chi connectivity index (χ3v) is 5.52. The number of nitriles is 1. The summed E-state index contributed by atoms with van der Waals surface area (Å²) in [7, 11) is 3.31. The van der Waals surface area contributed by atoms with E-state index >= 15 is 0 Å². The predicted octanol–water partition coefficient (Wildman–Crippen LogP) is 2.96. The summed E-state index contributed by atoms with van der Waals surface area (Å²) in [6.45, 7) is 1.99. The number of hydrazine groups is 1. The molecule has 32 heavy (non-hydrogen) atoms. The minimum Gasteiger partial charge on any atom is -0.477 e. The van der Waals surface area contributed by atoms with E-state index in [0.29, 0.717) is 18.0 Å². The van der Waals surface area contributed by atoms with E-state index in [1.54, 1.807) is 14.1 Å². The van der Waals surface area contributed by atoms with Gasteiger partial charge >= 0.3 is 6.18 Å². The number of anilines is 2. The summed E-state index contributed by atoms with van der Waals surface area (Å²) in [6, 6.07) is 4.32. The Hall–Kier alpha value is -3.10. The van der Waals surface area contributed by atoms with Gasteiger partial charge < -0.3 is 20.8 Å². The van der Waals surface area contributed by atoms with Gasteiger partial charge in [0.2, 0.25) is 5.88 Å². The highest BCUT2D eigenvalue weighted by molar-refractivity contribution is 5.77. The molecule has 2 aromatic heterocycles. The Bertz CT molecular complexity index is 985. The lowest BCUT2D eigenvalue weighted by atomic mass is 9.95. The Labute approximate surface area is 184 Å². The number of halogens is 3. The van der Waals surface area contributed by atoms with E-state index in [2.05, 4.69) is 20.7 Å². The highest BCUT2D eigenvalue weighted by atomic mass is 19.4. The third-order valence-electron chi connectivity index (χ3n) is 5.52. The number of nitrogens with one attached hydrogen (secondary N) is 2. The van der Waals surface area contributed by atoms with Crippen LogP contribution in [0.2, 0.25) is 0 Å². The number of piperidine rings is 1. The highest BCUT2D eigenvalue weighted by Crippen LogP contribution is 2.38. The average molecular weight is 449 g/mol. The zero-order chi connectivity index (χ0) is 23.3. The van der Waals surface area contributed by atoms with Gasteiger partial charge in [0.05, 0.1) is 23.7 Å². The van der Waals surface area contributed by atoms with Gasteiger partial charge in [0.15, 0.2) is 5.69 Å². The molecule has 0 amide bonds. The normalized spacial score (nSPS) is 14.8. The lowest BCUT2D eigenvalue weighted by Crippen LogP contribution is -2.31. The van der Waals surface area contributed by atoms with Crippen molar-refractivity contribution in [2.45, 2.75) is 25.4 Å². The smallest absolute Gasteiger partial charge is 0.421 e. The van der Waals surface area contributed by atoms with Crippen molar-refractivity contribution in [3.63, 3.8) is 0 Å². The maximum absolute atomic E-state index is 13.8. The van der Waals surface area contributed by atoms with E-state index in [0.717, 1.165) is 32.0 Å². The number of pyridine rings is 2. The average Bonchev–Trinajstić information content (AvgIpc) is 2.79. The van der Waals surface area contributed by atoms with Crippen LogP contribution in [0.5, 0.6) is 5.88 Å². The van der Waals surface area contributed by atoms with Crippen LogP contribution >= 0.6 is 0 Å². The van der Waals surface area contributed by atoms with E-state index in [1.165, 1.54) is 17.3 Å². The van der Waals surface area contributed by atoms with Crippen LogP contribution in [0.3, 0.4) is 0 Å². The Morgan fingerprint density at radius 2 is 2.06 bits per heavy atom. The number of rotatable bonds is 7. The Kier molecular flexibility index (Phi) is 7.37. The molecule has 2 aromatic rings. The molecule has 0 spiro atoms. The zero-order valence-corrected chi connectivity index (χ0v) is 18.0. The molecule has 11 heteroatoms.